The highest BCUT2D eigenvalue weighted by atomic mass is 16.5. The maximum absolute atomic E-state index is 12.5. The molecular weight excluding hydrogens is 352 g/mol. The number of aryl methyl sites for hydroxylation is 2. The predicted octanol–water partition coefficient (Wildman–Crippen LogP) is 2.53. The summed E-state index contributed by atoms with van der Waals surface area (Å²) in [6.45, 7) is 5.31. The number of fused-ring (bicyclic) bond motifs is 1. The van der Waals surface area contributed by atoms with E-state index in [4.69, 9.17) is 4.74 Å². The first kappa shape index (κ1) is 18.5. The first-order chi connectivity index (χ1) is 13.5. The van der Waals surface area contributed by atoms with Gasteiger partial charge in [0.15, 0.2) is 0 Å². The number of morpholine rings is 1. The molecule has 2 aliphatic rings. The van der Waals surface area contributed by atoms with Crippen LogP contribution >= 0.6 is 0 Å². The molecule has 3 heterocycles. The van der Waals surface area contributed by atoms with Gasteiger partial charge in [-0.1, -0.05) is 30.3 Å². The molecule has 1 aromatic carbocycles. The number of ether oxygens (including phenoxy) is 1. The van der Waals surface area contributed by atoms with Crippen molar-refractivity contribution in [3.63, 3.8) is 0 Å². The Balaban J connectivity index is 1.70. The van der Waals surface area contributed by atoms with Gasteiger partial charge >= 0.3 is 0 Å². The second-order valence-electron chi connectivity index (χ2n) is 7.61. The molecule has 0 bridgehead atoms. The Bertz CT molecular complexity index is 930. The van der Waals surface area contributed by atoms with Gasteiger partial charge in [0.05, 0.1) is 16.8 Å². The lowest BCUT2D eigenvalue weighted by Crippen LogP contribution is -2.67. The maximum Gasteiger partial charge on any atom is 0.249 e. The fourth-order valence-corrected chi connectivity index (χ4v) is 4.58. The zero-order chi connectivity index (χ0) is 19.9. The van der Waals surface area contributed by atoms with Crippen LogP contribution in [0.1, 0.15) is 28.8 Å². The zero-order valence-corrected chi connectivity index (χ0v) is 16.5. The van der Waals surface area contributed by atoms with Crippen molar-refractivity contribution in [2.75, 3.05) is 31.6 Å². The summed E-state index contributed by atoms with van der Waals surface area (Å²) in [6.07, 6.45) is 0.605. The Morgan fingerprint density at radius 3 is 2.71 bits per heavy atom. The summed E-state index contributed by atoms with van der Waals surface area (Å²) in [5.41, 5.74) is 2.95. The molecule has 2 saturated heterocycles. The highest BCUT2D eigenvalue weighted by Crippen LogP contribution is 2.43. The second-order valence-corrected chi connectivity index (χ2v) is 7.61. The minimum absolute atomic E-state index is 0.0109. The number of aromatic nitrogens is 1. The van der Waals surface area contributed by atoms with E-state index in [1.54, 1.807) is 0 Å². The van der Waals surface area contributed by atoms with Gasteiger partial charge in [0.1, 0.15) is 24.6 Å². The van der Waals surface area contributed by atoms with Gasteiger partial charge in [0.2, 0.25) is 5.91 Å². The molecule has 4 rings (SSSR count). The number of piperidine rings is 1. The van der Waals surface area contributed by atoms with E-state index in [9.17, 15) is 10.1 Å². The number of benzene rings is 1. The molecule has 1 amide bonds. The van der Waals surface area contributed by atoms with Crippen LogP contribution in [0.4, 0.5) is 5.82 Å². The molecule has 0 unspecified atom stereocenters. The molecule has 1 aromatic heterocycles. The van der Waals surface area contributed by atoms with Gasteiger partial charge in [-0.2, -0.15) is 5.26 Å². The Morgan fingerprint density at radius 2 is 2.04 bits per heavy atom. The number of rotatable bonds is 2. The number of hydrogen-bond acceptors (Lipinski definition) is 5. The quantitative estimate of drug-likeness (QED) is 0.806. The Hall–Kier alpha value is -2.91. The molecule has 6 heteroatoms. The molecule has 144 valence electrons. The summed E-state index contributed by atoms with van der Waals surface area (Å²) in [5, 5.41) is 9.31. The minimum Gasteiger partial charge on any atom is -0.364 e. The normalized spacial score (nSPS) is 24.6. The Morgan fingerprint density at radius 1 is 1.29 bits per heavy atom. The van der Waals surface area contributed by atoms with E-state index in [1.165, 1.54) is 0 Å². The van der Waals surface area contributed by atoms with Crippen molar-refractivity contribution in [3.8, 4) is 6.07 Å². The van der Waals surface area contributed by atoms with Crippen LogP contribution in [0.5, 0.6) is 0 Å². The molecule has 28 heavy (non-hydrogen) atoms. The second kappa shape index (κ2) is 6.92. The molecule has 0 radical (unpaired) electrons. The van der Waals surface area contributed by atoms with Crippen LogP contribution in [0.3, 0.4) is 0 Å². The first-order valence-corrected chi connectivity index (χ1v) is 9.54. The van der Waals surface area contributed by atoms with Gasteiger partial charge in [0, 0.05) is 20.1 Å². The summed E-state index contributed by atoms with van der Waals surface area (Å²) >= 11 is 0. The average Bonchev–Trinajstić information content (AvgIpc) is 2.71. The Kier molecular flexibility index (Phi) is 4.56. The highest BCUT2D eigenvalue weighted by Gasteiger charge is 2.52. The van der Waals surface area contributed by atoms with E-state index in [0.717, 1.165) is 35.6 Å². The van der Waals surface area contributed by atoms with Gasteiger partial charge in [-0.3, -0.25) is 4.79 Å². The summed E-state index contributed by atoms with van der Waals surface area (Å²) in [5.74, 6) is 0.871. The van der Waals surface area contributed by atoms with Crippen LogP contribution in [0.2, 0.25) is 0 Å². The van der Waals surface area contributed by atoms with Gasteiger partial charge < -0.3 is 14.5 Å². The lowest BCUT2D eigenvalue weighted by atomic mass is 9.76. The summed E-state index contributed by atoms with van der Waals surface area (Å²) in [6, 6.07) is 14.4. The fraction of sp³-hybridized carbons (Fsp3) is 0.409. The predicted molar refractivity (Wildman–Crippen MR) is 106 cm³/mol. The van der Waals surface area contributed by atoms with Crippen molar-refractivity contribution in [2.24, 2.45) is 0 Å². The molecule has 2 atom stereocenters. The van der Waals surface area contributed by atoms with E-state index in [0.29, 0.717) is 12.1 Å². The largest absolute Gasteiger partial charge is 0.364 e. The molecule has 2 aliphatic heterocycles. The molecule has 6 nitrogen and oxygen atoms in total. The number of nitriles is 1. The van der Waals surface area contributed by atoms with Crippen LogP contribution in [-0.2, 0) is 15.1 Å². The van der Waals surface area contributed by atoms with Crippen molar-refractivity contribution in [1.82, 2.24) is 9.88 Å². The molecule has 2 aromatic rings. The zero-order valence-electron chi connectivity index (χ0n) is 16.5. The maximum atomic E-state index is 12.5. The topological polar surface area (TPSA) is 69.5 Å². The third-order valence-electron chi connectivity index (χ3n) is 6.16. The summed E-state index contributed by atoms with van der Waals surface area (Å²) in [4.78, 5) is 21.2. The number of carbonyl (C=O) groups is 1. The van der Waals surface area contributed by atoms with Crippen LogP contribution in [0, 0.1) is 25.2 Å². The number of hydrogen-bond donors (Lipinski definition) is 0. The molecule has 0 aliphatic carbocycles. The van der Waals surface area contributed by atoms with Crippen molar-refractivity contribution in [2.45, 2.75) is 31.9 Å². The van der Waals surface area contributed by atoms with E-state index in [-0.39, 0.29) is 18.6 Å². The number of pyridine rings is 1. The van der Waals surface area contributed by atoms with Gasteiger partial charge in [-0.15, -0.1) is 0 Å². The van der Waals surface area contributed by atoms with Gasteiger partial charge in [-0.25, -0.2) is 4.98 Å². The summed E-state index contributed by atoms with van der Waals surface area (Å²) in [7, 11) is 1.88. The smallest absolute Gasteiger partial charge is 0.249 e. The standard InChI is InChI=1S/C22H24N4O2/c1-15-11-20(24-16(2)18(15)12-23)26-10-9-22(17-7-5-4-6-8-17)19(13-26)28-14-21(27)25(22)3/h4-8,11,19H,9-10,13-14H2,1-3H3/t19-,22+/m1/s1. The van der Waals surface area contributed by atoms with Crippen molar-refractivity contribution < 1.29 is 9.53 Å². The molecule has 0 spiro atoms. The highest BCUT2D eigenvalue weighted by molar-refractivity contribution is 5.79. The number of amides is 1. The lowest BCUT2D eigenvalue weighted by Gasteiger charge is -2.55. The average molecular weight is 376 g/mol. The van der Waals surface area contributed by atoms with Crippen LogP contribution in [0.15, 0.2) is 36.4 Å². The third kappa shape index (κ3) is 2.74. The van der Waals surface area contributed by atoms with Crippen LogP contribution < -0.4 is 4.90 Å². The van der Waals surface area contributed by atoms with E-state index in [1.807, 2.05) is 50.1 Å². The number of nitrogens with zero attached hydrogens (tertiary/aromatic N) is 4. The fourth-order valence-electron chi connectivity index (χ4n) is 4.58. The molecule has 2 fully saturated rings. The first-order valence-electron chi connectivity index (χ1n) is 9.54. The van der Waals surface area contributed by atoms with Gasteiger partial charge in [0.25, 0.3) is 0 Å². The number of anilines is 1. The monoisotopic (exact) mass is 376 g/mol. The number of carbonyl (C=O) groups excluding carboxylic acids is 1. The number of likely N-dealkylation sites (N-methyl/N-ethyl adjacent to an activating group) is 1. The van der Waals surface area contributed by atoms with E-state index in [2.05, 4.69) is 28.1 Å². The van der Waals surface area contributed by atoms with Crippen molar-refractivity contribution >= 4 is 11.7 Å². The van der Waals surface area contributed by atoms with Crippen molar-refractivity contribution in [3.05, 3.63) is 58.8 Å². The SMILES string of the molecule is Cc1cc(N2CC[C@]3(c4ccccc4)[C@@H](C2)OCC(=O)N3C)nc(C)c1C#N. The van der Waals surface area contributed by atoms with Gasteiger partial charge in [-0.05, 0) is 37.5 Å². The van der Waals surface area contributed by atoms with Crippen LogP contribution in [0.25, 0.3) is 0 Å². The minimum atomic E-state index is -0.468. The van der Waals surface area contributed by atoms with E-state index >= 15 is 0 Å². The van der Waals surface area contributed by atoms with E-state index < -0.39 is 5.54 Å². The van der Waals surface area contributed by atoms with Crippen LogP contribution in [-0.4, -0.2) is 48.6 Å². The molecular formula is C22H24N4O2. The molecule has 0 saturated carbocycles. The summed E-state index contributed by atoms with van der Waals surface area (Å²) < 4.78 is 6.07. The Labute approximate surface area is 165 Å². The molecule has 0 N–H and O–H groups in total. The lowest BCUT2D eigenvalue weighted by molar-refractivity contribution is -0.173. The third-order valence-corrected chi connectivity index (χ3v) is 6.16. The van der Waals surface area contributed by atoms with Crippen molar-refractivity contribution in [1.29, 1.82) is 5.26 Å².